The van der Waals surface area contributed by atoms with Crippen LogP contribution in [0.2, 0.25) is 0 Å². The summed E-state index contributed by atoms with van der Waals surface area (Å²) in [6, 6.07) is 10.7. The third kappa shape index (κ3) is 4.01. The minimum Gasteiger partial charge on any atom is -0.497 e. The van der Waals surface area contributed by atoms with Crippen molar-refractivity contribution in [2.45, 2.75) is 6.54 Å². The van der Waals surface area contributed by atoms with E-state index in [4.69, 9.17) is 4.74 Å². The molecule has 1 aromatic carbocycles. The van der Waals surface area contributed by atoms with Crippen LogP contribution in [-0.4, -0.2) is 27.0 Å². The molecule has 3 aromatic rings. The molecule has 0 saturated heterocycles. The molecular formula is C17H16N6O3. The minimum absolute atomic E-state index is 0.0898. The van der Waals surface area contributed by atoms with Crippen LogP contribution in [-0.2, 0) is 6.54 Å². The quantitative estimate of drug-likeness (QED) is 0.492. The molecule has 9 heteroatoms. The average Bonchev–Trinajstić information content (AvgIpc) is 2.67. The molecule has 0 aliphatic carbocycles. The fourth-order valence-corrected chi connectivity index (χ4v) is 2.30. The summed E-state index contributed by atoms with van der Waals surface area (Å²) < 4.78 is 5.16. The molecule has 0 aliphatic rings. The van der Waals surface area contributed by atoms with Crippen molar-refractivity contribution in [3.8, 4) is 5.75 Å². The Balaban J connectivity index is 1.87. The highest BCUT2D eigenvalue weighted by atomic mass is 16.6. The van der Waals surface area contributed by atoms with Crippen molar-refractivity contribution in [2.75, 3.05) is 17.7 Å². The molecule has 2 heterocycles. The van der Waals surface area contributed by atoms with Crippen LogP contribution in [0, 0.1) is 10.1 Å². The number of aromatic nitrogens is 3. The number of hydrogen-bond donors (Lipinski definition) is 2. The summed E-state index contributed by atoms with van der Waals surface area (Å²) in [4.78, 5) is 23.1. The Morgan fingerprint density at radius 2 is 2.04 bits per heavy atom. The molecule has 9 nitrogen and oxygen atoms in total. The van der Waals surface area contributed by atoms with Gasteiger partial charge in [0.25, 0.3) is 0 Å². The third-order valence-electron chi connectivity index (χ3n) is 3.52. The second-order valence-electron chi connectivity index (χ2n) is 5.25. The van der Waals surface area contributed by atoms with Gasteiger partial charge in [-0.2, -0.15) is 0 Å². The van der Waals surface area contributed by atoms with Gasteiger partial charge in [0.15, 0.2) is 0 Å². The number of rotatable bonds is 7. The van der Waals surface area contributed by atoms with Crippen molar-refractivity contribution in [3.05, 3.63) is 70.8 Å². The highest BCUT2D eigenvalue weighted by Gasteiger charge is 2.23. The summed E-state index contributed by atoms with van der Waals surface area (Å²) in [6.07, 6.45) is 4.60. The van der Waals surface area contributed by atoms with E-state index in [1.54, 1.807) is 49.8 Å². The van der Waals surface area contributed by atoms with Crippen LogP contribution in [0.4, 0.5) is 23.0 Å². The fourth-order valence-electron chi connectivity index (χ4n) is 2.30. The second kappa shape index (κ2) is 7.88. The number of anilines is 3. The maximum Gasteiger partial charge on any atom is 0.353 e. The van der Waals surface area contributed by atoms with Crippen LogP contribution in [0.5, 0.6) is 5.75 Å². The van der Waals surface area contributed by atoms with E-state index in [-0.39, 0.29) is 17.3 Å². The molecule has 0 aliphatic heterocycles. The SMILES string of the molecule is COc1cccc(Nc2ncnc(NCc3cccnc3)c2[N+](=O)[O-])c1. The van der Waals surface area contributed by atoms with Crippen LogP contribution in [0.25, 0.3) is 0 Å². The summed E-state index contributed by atoms with van der Waals surface area (Å²) in [7, 11) is 1.55. The zero-order valence-electron chi connectivity index (χ0n) is 13.9. The van der Waals surface area contributed by atoms with E-state index in [1.165, 1.54) is 6.33 Å². The van der Waals surface area contributed by atoms with Crippen LogP contribution < -0.4 is 15.4 Å². The third-order valence-corrected chi connectivity index (χ3v) is 3.52. The largest absolute Gasteiger partial charge is 0.497 e. The zero-order chi connectivity index (χ0) is 18.4. The van der Waals surface area contributed by atoms with Crippen molar-refractivity contribution >= 4 is 23.0 Å². The number of nitrogens with one attached hydrogen (secondary N) is 2. The summed E-state index contributed by atoms with van der Waals surface area (Å²) in [5, 5.41) is 17.5. The lowest BCUT2D eigenvalue weighted by Crippen LogP contribution is -2.08. The van der Waals surface area contributed by atoms with E-state index < -0.39 is 4.92 Å². The van der Waals surface area contributed by atoms with Gasteiger partial charge in [-0.1, -0.05) is 12.1 Å². The number of nitro groups is 1. The topological polar surface area (TPSA) is 115 Å². The summed E-state index contributed by atoms with van der Waals surface area (Å²) in [5.74, 6) is 0.841. The Bertz CT molecular complexity index is 904. The molecule has 0 unspecified atom stereocenters. The fraction of sp³-hybridized carbons (Fsp3) is 0.118. The van der Waals surface area contributed by atoms with Gasteiger partial charge in [0.05, 0.1) is 12.0 Å². The van der Waals surface area contributed by atoms with Gasteiger partial charge in [-0.05, 0) is 23.8 Å². The maximum atomic E-state index is 11.6. The number of methoxy groups -OCH3 is 1. The van der Waals surface area contributed by atoms with E-state index in [0.717, 1.165) is 5.56 Å². The predicted molar refractivity (Wildman–Crippen MR) is 96.5 cm³/mol. The van der Waals surface area contributed by atoms with Gasteiger partial charge in [-0.3, -0.25) is 15.1 Å². The van der Waals surface area contributed by atoms with E-state index in [0.29, 0.717) is 18.0 Å². The smallest absolute Gasteiger partial charge is 0.353 e. The molecule has 3 rings (SSSR count). The van der Waals surface area contributed by atoms with E-state index in [1.807, 2.05) is 6.07 Å². The molecular weight excluding hydrogens is 336 g/mol. The monoisotopic (exact) mass is 352 g/mol. The first-order valence-electron chi connectivity index (χ1n) is 7.70. The summed E-state index contributed by atoms with van der Waals surface area (Å²) in [5.41, 5.74) is 1.26. The van der Waals surface area contributed by atoms with Gasteiger partial charge in [0, 0.05) is 30.7 Å². The molecule has 132 valence electrons. The average molecular weight is 352 g/mol. The highest BCUT2D eigenvalue weighted by Crippen LogP contribution is 2.32. The Morgan fingerprint density at radius 1 is 1.19 bits per heavy atom. The van der Waals surface area contributed by atoms with E-state index in [9.17, 15) is 10.1 Å². The van der Waals surface area contributed by atoms with Gasteiger partial charge >= 0.3 is 5.69 Å². The molecule has 0 radical (unpaired) electrons. The Morgan fingerprint density at radius 3 is 2.77 bits per heavy atom. The first kappa shape index (κ1) is 17.1. The first-order valence-corrected chi connectivity index (χ1v) is 7.70. The Labute approximate surface area is 149 Å². The lowest BCUT2D eigenvalue weighted by Gasteiger charge is -2.10. The maximum absolute atomic E-state index is 11.6. The highest BCUT2D eigenvalue weighted by molar-refractivity contribution is 5.74. The molecule has 2 aromatic heterocycles. The predicted octanol–water partition coefficient (Wildman–Crippen LogP) is 3.14. The molecule has 0 amide bonds. The molecule has 26 heavy (non-hydrogen) atoms. The van der Waals surface area contributed by atoms with Gasteiger partial charge < -0.3 is 15.4 Å². The van der Waals surface area contributed by atoms with Gasteiger partial charge in [0.1, 0.15) is 12.1 Å². The van der Waals surface area contributed by atoms with Crippen LogP contribution >= 0.6 is 0 Å². The van der Waals surface area contributed by atoms with E-state index >= 15 is 0 Å². The van der Waals surface area contributed by atoms with Crippen LogP contribution in [0.1, 0.15) is 5.56 Å². The summed E-state index contributed by atoms with van der Waals surface area (Å²) >= 11 is 0. The molecule has 0 atom stereocenters. The van der Waals surface area contributed by atoms with Crippen molar-refractivity contribution in [1.82, 2.24) is 15.0 Å². The van der Waals surface area contributed by atoms with Gasteiger partial charge in [-0.15, -0.1) is 0 Å². The first-order chi connectivity index (χ1) is 12.7. The number of pyridine rings is 1. The lowest BCUT2D eigenvalue weighted by molar-refractivity contribution is -0.383. The zero-order valence-corrected chi connectivity index (χ0v) is 13.9. The Hall–Kier alpha value is -3.75. The number of ether oxygens (including phenoxy) is 1. The van der Waals surface area contributed by atoms with Crippen molar-refractivity contribution < 1.29 is 9.66 Å². The molecule has 2 N–H and O–H groups in total. The molecule has 0 fully saturated rings. The van der Waals surface area contributed by atoms with Crippen molar-refractivity contribution in [3.63, 3.8) is 0 Å². The van der Waals surface area contributed by atoms with Gasteiger partial charge in [0.2, 0.25) is 11.6 Å². The molecule has 0 bridgehead atoms. The lowest BCUT2D eigenvalue weighted by atomic mass is 10.3. The second-order valence-corrected chi connectivity index (χ2v) is 5.25. The number of benzene rings is 1. The number of hydrogen-bond acceptors (Lipinski definition) is 8. The Kier molecular flexibility index (Phi) is 5.18. The van der Waals surface area contributed by atoms with Gasteiger partial charge in [-0.25, -0.2) is 9.97 Å². The normalized spacial score (nSPS) is 10.2. The minimum atomic E-state index is -0.520. The van der Waals surface area contributed by atoms with Crippen molar-refractivity contribution in [1.29, 1.82) is 0 Å². The number of nitrogens with zero attached hydrogens (tertiary/aromatic N) is 4. The van der Waals surface area contributed by atoms with E-state index in [2.05, 4.69) is 25.6 Å². The van der Waals surface area contributed by atoms with Crippen molar-refractivity contribution in [2.24, 2.45) is 0 Å². The molecule has 0 saturated carbocycles. The molecule has 0 spiro atoms. The van der Waals surface area contributed by atoms with Crippen LogP contribution in [0.3, 0.4) is 0 Å². The van der Waals surface area contributed by atoms with Crippen LogP contribution in [0.15, 0.2) is 55.1 Å². The standard InChI is InChI=1S/C17H16N6O3/c1-26-14-6-2-5-13(8-14)22-17-15(23(24)25)16(20-11-21-17)19-10-12-4-3-7-18-9-12/h2-9,11H,10H2,1H3,(H2,19,20,21,22). The summed E-state index contributed by atoms with van der Waals surface area (Å²) in [6.45, 7) is 0.351.